The lowest BCUT2D eigenvalue weighted by Gasteiger charge is -2.00. The Morgan fingerprint density at radius 1 is 1.21 bits per heavy atom. The lowest BCUT2D eigenvalue weighted by atomic mass is 10.2. The van der Waals surface area contributed by atoms with Crippen LogP contribution in [0.25, 0.3) is 0 Å². The summed E-state index contributed by atoms with van der Waals surface area (Å²) in [5.74, 6) is 0. The van der Waals surface area contributed by atoms with Gasteiger partial charge in [-0.25, -0.2) is 0 Å². The number of halogens is 1. The zero-order chi connectivity index (χ0) is 9.80. The highest BCUT2D eigenvalue weighted by Gasteiger charge is 1.96. The molecule has 0 fully saturated rings. The van der Waals surface area contributed by atoms with Crippen molar-refractivity contribution in [1.82, 2.24) is 9.78 Å². The summed E-state index contributed by atoms with van der Waals surface area (Å²) in [6, 6.07) is 10.3. The van der Waals surface area contributed by atoms with Crippen LogP contribution in [0.4, 0.5) is 0 Å². The average Bonchev–Trinajstić information content (AvgIpc) is 2.63. The molecule has 0 aliphatic carbocycles. The fraction of sp³-hybridized carbons (Fsp3) is 0.182. The largest absolute Gasteiger partial charge is 0.271 e. The SMILES string of the molecule is Clc1cnn(CCc2ccccc2)c1. The smallest absolute Gasteiger partial charge is 0.0785 e. The Morgan fingerprint density at radius 2 is 2.00 bits per heavy atom. The molecule has 14 heavy (non-hydrogen) atoms. The zero-order valence-corrected chi connectivity index (χ0v) is 8.48. The first-order valence-corrected chi connectivity index (χ1v) is 4.94. The monoisotopic (exact) mass is 206 g/mol. The van der Waals surface area contributed by atoms with Gasteiger partial charge in [0.1, 0.15) is 0 Å². The molecule has 0 radical (unpaired) electrons. The quantitative estimate of drug-likeness (QED) is 0.755. The number of hydrogen-bond acceptors (Lipinski definition) is 1. The van der Waals surface area contributed by atoms with E-state index in [4.69, 9.17) is 11.6 Å². The number of hydrogen-bond donors (Lipinski definition) is 0. The summed E-state index contributed by atoms with van der Waals surface area (Å²) >= 11 is 5.76. The normalized spacial score (nSPS) is 10.4. The van der Waals surface area contributed by atoms with Gasteiger partial charge < -0.3 is 0 Å². The maximum Gasteiger partial charge on any atom is 0.0785 e. The number of aryl methyl sites for hydroxylation is 2. The first-order chi connectivity index (χ1) is 6.84. The maximum absolute atomic E-state index is 5.76. The van der Waals surface area contributed by atoms with Crippen LogP contribution in [0.15, 0.2) is 42.7 Å². The van der Waals surface area contributed by atoms with E-state index in [2.05, 4.69) is 17.2 Å². The number of aromatic nitrogens is 2. The van der Waals surface area contributed by atoms with Crippen molar-refractivity contribution < 1.29 is 0 Å². The van der Waals surface area contributed by atoms with Crippen molar-refractivity contribution in [3.8, 4) is 0 Å². The molecule has 1 aromatic carbocycles. The molecule has 0 amide bonds. The van der Waals surface area contributed by atoms with Gasteiger partial charge >= 0.3 is 0 Å². The van der Waals surface area contributed by atoms with E-state index in [1.165, 1.54) is 5.56 Å². The molecule has 0 aliphatic rings. The van der Waals surface area contributed by atoms with E-state index < -0.39 is 0 Å². The minimum atomic E-state index is 0.693. The van der Waals surface area contributed by atoms with Crippen LogP contribution in [0.2, 0.25) is 5.02 Å². The molecule has 1 aromatic heterocycles. The van der Waals surface area contributed by atoms with Gasteiger partial charge in [0.15, 0.2) is 0 Å². The Balaban J connectivity index is 1.95. The highest BCUT2D eigenvalue weighted by Crippen LogP contribution is 2.06. The molecule has 0 bridgehead atoms. The Bertz CT molecular complexity index is 395. The molecule has 2 nitrogen and oxygen atoms in total. The van der Waals surface area contributed by atoms with E-state index in [1.54, 1.807) is 6.20 Å². The van der Waals surface area contributed by atoms with Crippen molar-refractivity contribution in [2.45, 2.75) is 13.0 Å². The number of nitrogens with zero attached hydrogens (tertiary/aromatic N) is 2. The van der Waals surface area contributed by atoms with Crippen LogP contribution in [0.5, 0.6) is 0 Å². The van der Waals surface area contributed by atoms with E-state index in [9.17, 15) is 0 Å². The van der Waals surface area contributed by atoms with Gasteiger partial charge in [0.05, 0.1) is 11.2 Å². The van der Waals surface area contributed by atoms with Crippen LogP contribution in [0, 0.1) is 0 Å². The second kappa shape index (κ2) is 4.29. The third-order valence-electron chi connectivity index (χ3n) is 2.07. The summed E-state index contributed by atoms with van der Waals surface area (Å²) in [6.07, 6.45) is 4.48. The highest BCUT2D eigenvalue weighted by molar-refractivity contribution is 6.30. The fourth-order valence-electron chi connectivity index (χ4n) is 1.35. The summed E-state index contributed by atoms with van der Waals surface area (Å²) < 4.78 is 1.86. The van der Waals surface area contributed by atoms with E-state index in [0.29, 0.717) is 5.02 Å². The fourth-order valence-corrected chi connectivity index (χ4v) is 1.51. The van der Waals surface area contributed by atoms with E-state index in [-0.39, 0.29) is 0 Å². The number of benzene rings is 1. The second-order valence-corrected chi connectivity index (χ2v) is 3.59. The summed E-state index contributed by atoms with van der Waals surface area (Å²) in [4.78, 5) is 0. The summed E-state index contributed by atoms with van der Waals surface area (Å²) in [7, 11) is 0. The molecule has 0 saturated carbocycles. The Morgan fingerprint density at radius 3 is 2.64 bits per heavy atom. The molecule has 0 unspecified atom stereocenters. The topological polar surface area (TPSA) is 17.8 Å². The third-order valence-corrected chi connectivity index (χ3v) is 2.27. The predicted octanol–water partition coefficient (Wildman–Crippen LogP) is 2.78. The zero-order valence-electron chi connectivity index (χ0n) is 7.73. The molecule has 0 atom stereocenters. The van der Waals surface area contributed by atoms with Crippen molar-refractivity contribution in [2.24, 2.45) is 0 Å². The van der Waals surface area contributed by atoms with Crippen molar-refractivity contribution in [2.75, 3.05) is 0 Å². The number of rotatable bonds is 3. The molecule has 0 saturated heterocycles. The molecule has 3 heteroatoms. The average molecular weight is 207 g/mol. The second-order valence-electron chi connectivity index (χ2n) is 3.16. The van der Waals surface area contributed by atoms with E-state index in [1.807, 2.05) is 29.1 Å². The van der Waals surface area contributed by atoms with E-state index in [0.717, 1.165) is 13.0 Å². The first kappa shape index (κ1) is 9.28. The molecule has 2 rings (SSSR count). The Labute approximate surface area is 88.1 Å². The van der Waals surface area contributed by atoms with E-state index >= 15 is 0 Å². The van der Waals surface area contributed by atoms with Gasteiger partial charge in [-0.2, -0.15) is 5.10 Å². The Hall–Kier alpha value is -1.28. The van der Waals surface area contributed by atoms with Gasteiger partial charge in [0.25, 0.3) is 0 Å². The third kappa shape index (κ3) is 2.36. The van der Waals surface area contributed by atoms with Gasteiger partial charge in [0, 0.05) is 12.7 Å². The Kier molecular flexibility index (Phi) is 2.84. The lowest BCUT2D eigenvalue weighted by molar-refractivity contribution is 0.615. The van der Waals surface area contributed by atoms with Gasteiger partial charge in [-0.1, -0.05) is 41.9 Å². The van der Waals surface area contributed by atoms with Gasteiger partial charge in [-0.05, 0) is 12.0 Å². The van der Waals surface area contributed by atoms with Crippen LogP contribution in [-0.2, 0) is 13.0 Å². The van der Waals surface area contributed by atoms with Crippen molar-refractivity contribution in [3.63, 3.8) is 0 Å². The predicted molar refractivity (Wildman–Crippen MR) is 57.4 cm³/mol. The maximum atomic E-state index is 5.76. The van der Waals surface area contributed by atoms with Crippen LogP contribution in [0.3, 0.4) is 0 Å². The molecule has 0 aliphatic heterocycles. The summed E-state index contributed by atoms with van der Waals surface area (Å²) in [5, 5.41) is 4.81. The van der Waals surface area contributed by atoms with Gasteiger partial charge in [0.2, 0.25) is 0 Å². The molecular formula is C11H11ClN2. The molecular weight excluding hydrogens is 196 g/mol. The van der Waals surface area contributed by atoms with Gasteiger partial charge in [-0.3, -0.25) is 4.68 Å². The molecule has 72 valence electrons. The first-order valence-electron chi connectivity index (χ1n) is 4.56. The minimum absolute atomic E-state index is 0.693. The molecule has 2 aromatic rings. The molecule has 0 spiro atoms. The lowest BCUT2D eigenvalue weighted by Crippen LogP contribution is -2.01. The van der Waals surface area contributed by atoms with Crippen molar-refractivity contribution in [3.05, 3.63) is 53.3 Å². The van der Waals surface area contributed by atoms with Crippen molar-refractivity contribution in [1.29, 1.82) is 0 Å². The minimum Gasteiger partial charge on any atom is -0.271 e. The molecule has 0 N–H and O–H groups in total. The van der Waals surface area contributed by atoms with Gasteiger partial charge in [-0.15, -0.1) is 0 Å². The summed E-state index contributed by atoms with van der Waals surface area (Å²) in [6.45, 7) is 0.872. The van der Waals surface area contributed by atoms with Crippen LogP contribution in [-0.4, -0.2) is 9.78 Å². The van der Waals surface area contributed by atoms with Crippen molar-refractivity contribution >= 4 is 11.6 Å². The van der Waals surface area contributed by atoms with Crippen LogP contribution >= 0.6 is 11.6 Å². The summed E-state index contributed by atoms with van der Waals surface area (Å²) in [5.41, 5.74) is 1.32. The molecule has 1 heterocycles. The van der Waals surface area contributed by atoms with Crippen LogP contribution in [0.1, 0.15) is 5.56 Å². The van der Waals surface area contributed by atoms with Crippen LogP contribution < -0.4 is 0 Å². The standard InChI is InChI=1S/C11H11ClN2/c12-11-8-13-14(9-11)7-6-10-4-2-1-3-5-10/h1-5,8-9H,6-7H2. The highest BCUT2D eigenvalue weighted by atomic mass is 35.5.